The van der Waals surface area contributed by atoms with Gasteiger partial charge in [0.1, 0.15) is 17.3 Å². The third-order valence-corrected chi connectivity index (χ3v) is 11.3. The molecule has 0 unspecified atom stereocenters. The molecule has 2 aliphatic heterocycles. The molecule has 1 saturated heterocycles. The van der Waals surface area contributed by atoms with Crippen LogP contribution < -0.4 is 10.1 Å². The summed E-state index contributed by atoms with van der Waals surface area (Å²) in [6.45, 7) is 8.24. The molecule has 50 heavy (non-hydrogen) atoms. The second-order valence-corrected chi connectivity index (χ2v) is 15.5. The number of fused-ring (bicyclic) bond motifs is 2. The van der Waals surface area contributed by atoms with E-state index in [4.69, 9.17) is 4.74 Å². The summed E-state index contributed by atoms with van der Waals surface area (Å²) in [5.41, 5.74) is 4.26. The van der Waals surface area contributed by atoms with Crippen molar-refractivity contribution in [3.8, 4) is 22.6 Å². The van der Waals surface area contributed by atoms with Gasteiger partial charge in [0.15, 0.2) is 5.65 Å². The van der Waals surface area contributed by atoms with E-state index >= 15 is 0 Å². The van der Waals surface area contributed by atoms with Gasteiger partial charge in [0.25, 0.3) is 10.0 Å². The van der Waals surface area contributed by atoms with Crippen molar-refractivity contribution in [2.45, 2.75) is 51.5 Å². The Balaban J connectivity index is 1.30. The summed E-state index contributed by atoms with van der Waals surface area (Å²) >= 11 is 0. The molecule has 3 aromatic heterocycles. The standard InChI is InChI=1S/C37H38N6O6S/c1-24-4-8-29(9-5-24)50(47,48)43-23-30(26-10-15-38-32(21-26)40-35(44)41-18-13-37(2,3)14-19-41)33-31(11-16-39-34(33)43)49-28-7-6-25-12-17-42(36(45)46)22-27(25)20-28/h4-11,15-16,20-21,23H,12-14,17-19,22H2,1-3H3,(H,45,46)(H,38,40,44). The number of rotatable bonds is 6. The second-order valence-electron chi connectivity index (χ2n) is 13.7. The van der Waals surface area contributed by atoms with Crippen molar-refractivity contribution in [3.05, 3.63) is 95.9 Å². The van der Waals surface area contributed by atoms with Gasteiger partial charge in [-0.1, -0.05) is 37.6 Å². The van der Waals surface area contributed by atoms with Crippen LogP contribution in [-0.4, -0.2) is 69.0 Å². The van der Waals surface area contributed by atoms with E-state index < -0.39 is 16.1 Å². The highest BCUT2D eigenvalue weighted by molar-refractivity contribution is 7.90. The summed E-state index contributed by atoms with van der Waals surface area (Å²) in [6, 6.07) is 17.0. The molecule has 5 aromatic rings. The number of ether oxygens (including phenoxy) is 1. The van der Waals surface area contributed by atoms with Crippen LogP contribution in [0.25, 0.3) is 22.2 Å². The number of piperidine rings is 1. The Morgan fingerprint density at radius 1 is 0.900 bits per heavy atom. The van der Waals surface area contributed by atoms with E-state index in [1.807, 2.05) is 25.1 Å². The van der Waals surface area contributed by atoms with Gasteiger partial charge in [0.05, 0.1) is 10.3 Å². The quantitative estimate of drug-likeness (QED) is 0.191. The van der Waals surface area contributed by atoms with Gasteiger partial charge >= 0.3 is 12.1 Å². The maximum atomic E-state index is 14.1. The fraction of sp³-hybridized carbons (Fsp3) is 0.297. The Hall–Kier alpha value is -5.43. The number of carbonyl (C=O) groups excluding carboxylic acids is 1. The monoisotopic (exact) mass is 694 g/mol. The number of benzene rings is 2. The fourth-order valence-corrected chi connectivity index (χ4v) is 7.78. The van der Waals surface area contributed by atoms with E-state index in [0.717, 1.165) is 33.5 Å². The van der Waals surface area contributed by atoms with Crippen molar-refractivity contribution in [3.63, 3.8) is 0 Å². The predicted octanol–water partition coefficient (Wildman–Crippen LogP) is 7.13. The number of aromatic nitrogens is 3. The van der Waals surface area contributed by atoms with Crippen LogP contribution in [0.3, 0.4) is 0 Å². The third-order valence-electron chi connectivity index (χ3n) is 9.59. The number of nitrogens with zero attached hydrogens (tertiary/aromatic N) is 5. The van der Waals surface area contributed by atoms with Crippen molar-refractivity contribution in [1.29, 1.82) is 0 Å². The highest BCUT2D eigenvalue weighted by Gasteiger charge is 2.29. The average molecular weight is 695 g/mol. The lowest BCUT2D eigenvalue weighted by Gasteiger charge is -2.36. The van der Waals surface area contributed by atoms with Crippen molar-refractivity contribution in [1.82, 2.24) is 23.7 Å². The topological polar surface area (TPSA) is 147 Å². The number of aryl methyl sites for hydroxylation is 1. The number of hydrogen-bond acceptors (Lipinski definition) is 7. The lowest BCUT2D eigenvalue weighted by Crippen LogP contribution is -2.43. The van der Waals surface area contributed by atoms with Crippen LogP contribution in [0.2, 0.25) is 0 Å². The number of hydrogen-bond donors (Lipinski definition) is 2. The molecule has 2 aliphatic rings. The van der Waals surface area contributed by atoms with Gasteiger partial charge < -0.3 is 19.6 Å². The van der Waals surface area contributed by atoms with Crippen LogP contribution in [0, 0.1) is 12.3 Å². The first-order valence-electron chi connectivity index (χ1n) is 16.5. The summed E-state index contributed by atoms with van der Waals surface area (Å²) in [5.74, 6) is 1.15. The summed E-state index contributed by atoms with van der Waals surface area (Å²) < 4.78 is 35.8. The van der Waals surface area contributed by atoms with Crippen molar-refractivity contribution >= 4 is 39.0 Å². The Labute approximate surface area is 290 Å². The summed E-state index contributed by atoms with van der Waals surface area (Å²) in [6.07, 6.45) is 6.00. The predicted molar refractivity (Wildman–Crippen MR) is 189 cm³/mol. The van der Waals surface area contributed by atoms with Gasteiger partial charge in [-0.05, 0) is 90.8 Å². The molecule has 12 nitrogen and oxygen atoms in total. The van der Waals surface area contributed by atoms with E-state index in [-0.39, 0.29) is 28.5 Å². The van der Waals surface area contributed by atoms with Crippen LogP contribution in [0.15, 0.2) is 84.1 Å². The number of carbonyl (C=O) groups is 2. The molecule has 5 heterocycles. The van der Waals surface area contributed by atoms with Gasteiger partial charge in [0.2, 0.25) is 0 Å². The van der Waals surface area contributed by atoms with Crippen LogP contribution in [0.5, 0.6) is 11.5 Å². The highest BCUT2D eigenvalue weighted by Crippen LogP contribution is 2.40. The molecule has 2 N–H and O–H groups in total. The molecule has 0 radical (unpaired) electrons. The molecule has 13 heteroatoms. The molecule has 0 bridgehead atoms. The van der Waals surface area contributed by atoms with E-state index in [1.165, 1.54) is 17.3 Å². The Morgan fingerprint density at radius 2 is 1.64 bits per heavy atom. The summed E-state index contributed by atoms with van der Waals surface area (Å²) in [7, 11) is -4.09. The van der Waals surface area contributed by atoms with Gasteiger partial charge in [-0.15, -0.1) is 0 Å². The number of likely N-dealkylation sites (tertiary alicyclic amines) is 1. The zero-order chi connectivity index (χ0) is 35.2. The summed E-state index contributed by atoms with van der Waals surface area (Å²) in [4.78, 5) is 37.0. The number of carboxylic acid groups (broad SMARTS) is 1. The molecule has 0 saturated carbocycles. The van der Waals surface area contributed by atoms with Gasteiger partial charge in [-0.2, -0.15) is 0 Å². The van der Waals surface area contributed by atoms with Crippen LogP contribution in [-0.2, 0) is 23.0 Å². The van der Waals surface area contributed by atoms with Gasteiger partial charge in [-0.25, -0.2) is 31.9 Å². The van der Waals surface area contributed by atoms with E-state index in [9.17, 15) is 23.1 Å². The Bertz CT molecular complexity index is 2220. The number of amides is 3. The zero-order valence-electron chi connectivity index (χ0n) is 28.1. The normalized spacial score (nSPS) is 15.8. The lowest BCUT2D eigenvalue weighted by molar-refractivity contribution is 0.140. The molecule has 3 amide bonds. The van der Waals surface area contributed by atoms with Crippen molar-refractivity contribution < 1.29 is 27.9 Å². The lowest BCUT2D eigenvalue weighted by atomic mass is 9.83. The van der Waals surface area contributed by atoms with E-state index in [1.54, 1.807) is 53.6 Å². The molecule has 0 spiro atoms. The van der Waals surface area contributed by atoms with Crippen molar-refractivity contribution in [2.75, 3.05) is 25.0 Å². The SMILES string of the molecule is Cc1ccc(S(=O)(=O)n2cc(-c3ccnc(NC(=O)N4CCC(C)(C)CC4)c3)c3c(Oc4ccc5c(c4)CN(C(=O)O)CC5)ccnc32)cc1. The number of pyridine rings is 2. The average Bonchev–Trinajstić information content (AvgIpc) is 3.50. The first kappa shape index (κ1) is 33.1. The molecule has 1 fully saturated rings. The fourth-order valence-electron chi connectivity index (χ4n) is 6.47. The van der Waals surface area contributed by atoms with Gasteiger partial charge in [-0.3, -0.25) is 5.32 Å². The third kappa shape index (κ3) is 6.48. The number of anilines is 1. The minimum Gasteiger partial charge on any atom is -0.465 e. The number of nitrogens with one attached hydrogen (secondary N) is 1. The highest BCUT2D eigenvalue weighted by atomic mass is 32.2. The molecule has 0 atom stereocenters. The van der Waals surface area contributed by atoms with Crippen LogP contribution in [0.4, 0.5) is 15.4 Å². The molecule has 258 valence electrons. The Morgan fingerprint density at radius 3 is 2.38 bits per heavy atom. The van der Waals surface area contributed by atoms with E-state index in [0.29, 0.717) is 59.9 Å². The first-order chi connectivity index (χ1) is 23.9. The van der Waals surface area contributed by atoms with Crippen molar-refractivity contribution in [2.24, 2.45) is 5.41 Å². The molecule has 0 aliphatic carbocycles. The minimum absolute atomic E-state index is 0.102. The summed E-state index contributed by atoms with van der Waals surface area (Å²) in [5, 5.41) is 12.9. The maximum absolute atomic E-state index is 14.1. The zero-order valence-corrected chi connectivity index (χ0v) is 28.9. The first-order valence-corrected chi connectivity index (χ1v) is 17.9. The molecular formula is C37H38N6O6S. The Kier molecular flexibility index (Phi) is 8.46. The van der Waals surface area contributed by atoms with Crippen LogP contribution in [0.1, 0.15) is 43.4 Å². The molecule has 7 rings (SSSR count). The van der Waals surface area contributed by atoms with Gasteiger partial charge in [0, 0.05) is 50.3 Å². The largest absolute Gasteiger partial charge is 0.465 e. The minimum atomic E-state index is -4.09. The second kappa shape index (κ2) is 12.8. The molecular weight excluding hydrogens is 657 g/mol. The van der Waals surface area contributed by atoms with Crippen LogP contribution >= 0.6 is 0 Å². The maximum Gasteiger partial charge on any atom is 0.407 e. The number of urea groups is 1. The smallest absolute Gasteiger partial charge is 0.407 e. The van der Waals surface area contributed by atoms with E-state index in [2.05, 4.69) is 29.1 Å². The molecule has 2 aromatic carbocycles.